The molecule has 9 heteroatoms. The molecule has 1 aliphatic carbocycles. The van der Waals surface area contributed by atoms with Gasteiger partial charge in [0.15, 0.2) is 0 Å². The normalized spacial score (nSPS) is 16.8. The van der Waals surface area contributed by atoms with Crippen molar-refractivity contribution in [2.75, 3.05) is 58.3 Å². The highest BCUT2D eigenvalue weighted by atomic mass is 32.1. The summed E-state index contributed by atoms with van der Waals surface area (Å²) >= 11 is 1.51. The van der Waals surface area contributed by atoms with Gasteiger partial charge in [-0.05, 0) is 55.5 Å². The number of methoxy groups -OCH3 is 1. The fraction of sp³-hybridized carbons (Fsp3) is 0.500. The van der Waals surface area contributed by atoms with Crippen molar-refractivity contribution in [2.45, 2.75) is 25.7 Å². The number of hydrogen-bond acceptors (Lipinski definition) is 7. The lowest BCUT2D eigenvalue weighted by atomic mass is 9.95. The predicted octanol–water partition coefficient (Wildman–Crippen LogP) is 2.37. The Bertz CT molecular complexity index is 968. The fourth-order valence-corrected chi connectivity index (χ4v) is 5.73. The number of nitrogens with two attached hydrogens (primary N) is 1. The van der Waals surface area contributed by atoms with Crippen molar-refractivity contribution in [1.29, 1.82) is 0 Å². The van der Waals surface area contributed by atoms with Crippen molar-refractivity contribution in [3.05, 3.63) is 40.3 Å². The van der Waals surface area contributed by atoms with Gasteiger partial charge >= 0.3 is 0 Å². The summed E-state index contributed by atoms with van der Waals surface area (Å²) in [4.78, 5) is 30.4. The third kappa shape index (κ3) is 6.04. The van der Waals surface area contributed by atoms with E-state index in [0.717, 1.165) is 75.5 Å². The second-order valence-corrected chi connectivity index (χ2v) is 9.57. The summed E-state index contributed by atoms with van der Waals surface area (Å²) in [5, 5.41) is 3.58. The number of hydrogen-bond donors (Lipinski definition) is 2. The molecule has 0 saturated carbocycles. The maximum Gasteiger partial charge on any atom is 0.251 e. The van der Waals surface area contributed by atoms with Gasteiger partial charge in [0.2, 0.25) is 5.91 Å². The van der Waals surface area contributed by atoms with E-state index in [0.29, 0.717) is 23.7 Å². The molecule has 2 aliphatic rings. The highest BCUT2D eigenvalue weighted by Crippen LogP contribution is 2.37. The van der Waals surface area contributed by atoms with Gasteiger partial charge < -0.3 is 20.5 Å². The molecule has 0 atom stereocenters. The molecule has 2 aromatic rings. The Morgan fingerprint density at radius 2 is 1.70 bits per heavy atom. The van der Waals surface area contributed by atoms with Crippen molar-refractivity contribution in [2.24, 2.45) is 5.73 Å². The first-order valence-corrected chi connectivity index (χ1v) is 12.3. The molecule has 0 unspecified atom stereocenters. The number of carbonyl (C=O) groups excluding carboxylic acids is 2. The largest absolute Gasteiger partial charge is 0.497 e. The molecule has 0 bridgehead atoms. The summed E-state index contributed by atoms with van der Waals surface area (Å²) in [5.74, 6) is 1.10. The van der Waals surface area contributed by atoms with Gasteiger partial charge in [-0.1, -0.05) is 0 Å². The smallest absolute Gasteiger partial charge is 0.251 e. The predicted molar refractivity (Wildman–Crippen MR) is 129 cm³/mol. The first-order valence-electron chi connectivity index (χ1n) is 11.5. The van der Waals surface area contributed by atoms with Crippen LogP contribution in [0.4, 0.5) is 5.00 Å². The summed E-state index contributed by atoms with van der Waals surface area (Å²) in [6, 6.07) is 7.58. The van der Waals surface area contributed by atoms with E-state index in [1.165, 1.54) is 16.2 Å². The van der Waals surface area contributed by atoms with Gasteiger partial charge in [-0.2, -0.15) is 0 Å². The molecule has 2 amide bonds. The van der Waals surface area contributed by atoms with Gasteiger partial charge in [0.1, 0.15) is 23.1 Å². The number of piperazine rings is 1. The maximum absolute atomic E-state index is 12.7. The zero-order valence-corrected chi connectivity index (χ0v) is 19.9. The second kappa shape index (κ2) is 11.0. The van der Waals surface area contributed by atoms with E-state index in [-0.39, 0.29) is 5.91 Å². The van der Waals surface area contributed by atoms with E-state index in [4.69, 9.17) is 15.2 Å². The molecular formula is C24H32N4O4S. The third-order valence-corrected chi connectivity index (χ3v) is 7.45. The Hall–Kier alpha value is -2.62. The molecule has 178 valence electrons. The summed E-state index contributed by atoms with van der Waals surface area (Å²) < 4.78 is 11.0. The van der Waals surface area contributed by atoms with Crippen molar-refractivity contribution in [1.82, 2.24) is 9.80 Å². The van der Waals surface area contributed by atoms with Crippen LogP contribution in [0.3, 0.4) is 0 Å². The van der Waals surface area contributed by atoms with Crippen LogP contribution in [0.25, 0.3) is 0 Å². The van der Waals surface area contributed by atoms with Crippen LogP contribution in [0.15, 0.2) is 24.3 Å². The molecule has 2 heterocycles. The molecular weight excluding hydrogens is 440 g/mol. The Kier molecular flexibility index (Phi) is 7.85. The van der Waals surface area contributed by atoms with Crippen molar-refractivity contribution in [3.8, 4) is 11.5 Å². The highest BCUT2D eigenvalue weighted by Gasteiger charge is 2.26. The molecule has 0 radical (unpaired) electrons. The standard InChI is InChI=1S/C24H32N4O4S/c1-31-17-6-8-18(9-7-17)32-15-14-27-10-12-28(13-11-27)16-21(29)26-24-22(23(25)30)19-4-2-3-5-20(19)33-24/h6-9H,2-5,10-16H2,1H3,(H2,25,30)(H,26,29). The molecule has 8 nitrogen and oxygen atoms in total. The third-order valence-electron chi connectivity index (χ3n) is 6.24. The number of primary amides is 1. The van der Waals surface area contributed by atoms with Gasteiger partial charge in [-0.25, -0.2) is 0 Å². The van der Waals surface area contributed by atoms with Gasteiger partial charge in [0.25, 0.3) is 5.91 Å². The average Bonchev–Trinajstić information content (AvgIpc) is 3.18. The number of anilines is 1. The van der Waals surface area contributed by atoms with Crippen molar-refractivity contribution in [3.63, 3.8) is 0 Å². The molecule has 33 heavy (non-hydrogen) atoms. The van der Waals surface area contributed by atoms with E-state index < -0.39 is 5.91 Å². The van der Waals surface area contributed by atoms with Gasteiger partial charge in [0.05, 0.1) is 19.2 Å². The zero-order chi connectivity index (χ0) is 23.2. The zero-order valence-electron chi connectivity index (χ0n) is 19.1. The highest BCUT2D eigenvalue weighted by molar-refractivity contribution is 7.17. The van der Waals surface area contributed by atoms with E-state index in [1.807, 2.05) is 24.3 Å². The Morgan fingerprint density at radius 3 is 2.39 bits per heavy atom. The van der Waals surface area contributed by atoms with Crippen LogP contribution in [0.2, 0.25) is 0 Å². The Labute approximate surface area is 198 Å². The van der Waals surface area contributed by atoms with Crippen LogP contribution in [-0.4, -0.2) is 74.6 Å². The number of amides is 2. The number of carbonyl (C=O) groups is 2. The first-order chi connectivity index (χ1) is 16.0. The monoisotopic (exact) mass is 472 g/mol. The summed E-state index contributed by atoms with van der Waals surface area (Å²) in [6.07, 6.45) is 4.01. The summed E-state index contributed by atoms with van der Waals surface area (Å²) in [5.41, 5.74) is 7.19. The lowest BCUT2D eigenvalue weighted by molar-refractivity contribution is -0.117. The number of nitrogens with zero attached hydrogens (tertiary/aromatic N) is 2. The minimum absolute atomic E-state index is 0.0904. The molecule has 4 rings (SSSR count). The lowest BCUT2D eigenvalue weighted by Crippen LogP contribution is -2.49. The van der Waals surface area contributed by atoms with E-state index >= 15 is 0 Å². The van der Waals surface area contributed by atoms with Crippen LogP contribution in [0.5, 0.6) is 11.5 Å². The number of rotatable bonds is 9. The van der Waals surface area contributed by atoms with Gasteiger partial charge in [0, 0.05) is 37.6 Å². The number of ether oxygens (including phenoxy) is 2. The number of benzene rings is 1. The molecule has 0 spiro atoms. The molecule has 1 aromatic heterocycles. The minimum Gasteiger partial charge on any atom is -0.497 e. The van der Waals surface area contributed by atoms with Gasteiger partial charge in [-0.3, -0.25) is 19.4 Å². The van der Waals surface area contributed by atoms with Gasteiger partial charge in [-0.15, -0.1) is 11.3 Å². The summed E-state index contributed by atoms with van der Waals surface area (Å²) in [7, 11) is 1.65. The second-order valence-electron chi connectivity index (χ2n) is 8.47. The number of thiophene rings is 1. The van der Waals surface area contributed by atoms with E-state index in [1.54, 1.807) is 7.11 Å². The molecule has 1 aromatic carbocycles. The molecule has 1 saturated heterocycles. The Morgan fingerprint density at radius 1 is 1.03 bits per heavy atom. The topological polar surface area (TPSA) is 97.1 Å². The van der Waals surface area contributed by atoms with Crippen molar-refractivity contribution < 1.29 is 19.1 Å². The minimum atomic E-state index is -0.449. The fourth-order valence-electron chi connectivity index (χ4n) is 4.42. The molecule has 1 fully saturated rings. The maximum atomic E-state index is 12.7. The van der Waals surface area contributed by atoms with Crippen LogP contribution in [-0.2, 0) is 17.6 Å². The number of nitrogens with one attached hydrogen (secondary N) is 1. The van der Waals surface area contributed by atoms with E-state index in [9.17, 15) is 9.59 Å². The van der Waals surface area contributed by atoms with E-state index in [2.05, 4.69) is 15.1 Å². The van der Waals surface area contributed by atoms with Crippen LogP contribution in [0, 0.1) is 0 Å². The van der Waals surface area contributed by atoms with Crippen LogP contribution in [0.1, 0.15) is 33.6 Å². The Balaban J connectivity index is 1.20. The number of fused-ring (bicyclic) bond motifs is 1. The summed E-state index contributed by atoms with van der Waals surface area (Å²) in [6.45, 7) is 5.19. The van der Waals surface area contributed by atoms with Crippen LogP contribution < -0.4 is 20.5 Å². The first kappa shape index (κ1) is 23.5. The van der Waals surface area contributed by atoms with Crippen molar-refractivity contribution >= 4 is 28.2 Å². The average molecular weight is 473 g/mol. The lowest BCUT2D eigenvalue weighted by Gasteiger charge is -2.34. The molecule has 3 N–H and O–H groups in total. The SMILES string of the molecule is COc1ccc(OCCN2CCN(CC(=O)Nc3sc4c(c3C(N)=O)CCCC4)CC2)cc1. The quantitative estimate of drug-likeness (QED) is 0.582. The van der Waals surface area contributed by atoms with Crippen LogP contribution >= 0.6 is 11.3 Å². The number of aryl methyl sites for hydroxylation is 1. The molecule has 1 aliphatic heterocycles.